The molecule has 0 bridgehead atoms. The smallest absolute Gasteiger partial charge is 0.332 e. The highest BCUT2D eigenvalue weighted by Crippen LogP contribution is 2.20. The monoisotopic (exact) mass is 462 g/mol. The molecule has 4 heterocycles. The average Bonchev–Trinajstić information content (AvgIpc) is 3.50. The summed E-state index contributed by atoms with van der Waals surface area (Å²) in [4.78, 5) is 37.2. The second-order valence-electron chi connectivity index (χ2n) is 7.31. The number of fused-ring (bicyclic) bond motifs is 1. The normalized spacial score (nSPS) is 11.5. The molecule has 4 rings (SSSR count). The Morgan fingerprint density at radius 2 is 1.94 bits per heavy atom. The Morgan fingerprint density at radius 1 is 1.13 bits per heavy atom. The van der Waals surface area contributed by atoms with Crippen molar-refractivity contribution in [2.45, 2.75) is 58.5 Å². The van der Waals surface area contributed by atoms with Gasteiger partial charge in [-0.15, -0.1) is 0 Å². The molecule has 0 aromatic carbocycles. The molecule has 0 atom stereocenters. The zero-order chi connectivity index (χ0) is 21.8. The Bertz CT molecular complexity index is 1270. The predicted molar refractivity (Wildman–Crippen MR) is 120 cm³/mol. The van der Waals surface area contributed by atoms with E-state index in [2.05, 4.69) is 27.0 Å². The fourth-order valence-corrected chi connectivity index (χ4v) is 4.27. The number of thiophene rings is 1. The summed E-state index contributed by atoms with van der Waals surface area (Å²) in [5, 5.41) is 8.02. The van der Waals surface area contributed by atoms with Gasteiger partial charge in [-0.2, -0.15) is 21.3 Å². The van der Waals surface area contributed by atoms with Gasteiger partial charge >= 0.3 is 5.69 Å². The van der Waals surface area contributed by atoms with Crippen molar-refractivity contribution in [1.29, 1.82) is 0 Å². The van der Waals surface area contributed by atoms with E-state index in [1.165, 1.54) is 4.57 Å². The van der Waals surface area contributed by atoms with E-state index < -0.39 is 5.56 Å². The van der Waals surface area contributed by atoms with Crippen molar-refractivity contribution in [1.82, 2.24) is 29.2 Å². The number of unbranched alkanes of at least 4 members (excludes halogenated alkanes) is 3. The lowest BCUT2D eigenvalue weighted by atomic mass is 10.2. The molecule has 0 aliphatic carbocycles. The lowest BCUT2D eigenvalue weighted by Gasteiger charge is -2.11. The van der Waals surface area contributed by atoms with Crippen LogP contribution in [0.3, 0.4) is 0 Å². The lowest BCUT2D eigenvalue weighted by Crippen LogP contribution is -2.40. The maximum atomic E-state index is 13.0. The summed E-state index contributed by atoms with van der Waals surface area (Å²) in [6.07, 6.45) is 4.79. The Labute approximate surface area is 186 Å². The fraction of sp³-hybridized carbons (Fsp3) is 0.450. The van der Waals surface area contributed by atoms with E-state index in [0.717, 1.165) is 24.8 Å². The van der Waals surface area contributed by atoms with Crippen LogP contribution in [-0.2, 0) is 19.5 Å². The van der Waals surface area contributed by atoms with Gasteiger partial charge in [0.15, 0.2) is 17.0 Å². The number of nitrogens with zero attached hydrogens (tertiary/aromatic N) is 5. The van der Waals surface area contributed by atoms with Crippen molar-refractivity contribution in [2.75, 3.05) is 0 Å². The first-order valence-corrected chi connectivity index (χ1v) is 11.6. The van der Waals surface area contributed by atoms with Crippen LogP contribution in [0.15, 0.2) is 30.9 Å². The van der Waals surface area contributed by atoms with Crippen LogP contribution in [0.1, 0.15) is 44.9 Å². The van der Waals surface area contributed by atoms with Gasteiger partial charge in [0.05, 0.1) is 5.56 Å². The van der Waals surface area contributed by atoms with Gasteiger partial charge in [0.2, 0.25) is 5.28 Å². The quantitative estimate of drug-likeness (QED) is 0.283. The third-order valence-electron chi connectivity index (χ3n) is 5.09. The molecule has 0 fully saturated rings. The molecule has 4 aromatic heterocycles. The lowest BCUT2D eigenvalue weighted by molar-refractivity contribution is 0.420. The number of rotatable bonds is 10. The molecule has 0 saturated carbocycles. The van der Waals surface area contributed by atoms with Gasteiger partial charge < -0.3 is 9.51 Å². The summed E-state index contributed by atoms with van der Waals surface area (Å²) in [5.41, 5.74) is 0.742. The zero-order valence-electron chi connectivity index (χ0n) is 17.1. The van der Waals surface area contributed by atoms with Gasteiger partial charge in [-0.05, 0) is 42.3 Å². The largest absolute Gasteiger partial charge is 0.334 e. The number of aromatic nitrogens is 6. The molecule has 9 nitrogen and oxygen atoms in total. The van der Waals surface area contributed by atoms with Gasteiger partial charge in [0, 0.05) is 24.9 Å². The molecule has 0 radical (unpaired) electrons. The SMILES string of the molecule is CCCCCn1c(=O)n(CCCCc2noc(-c3ccsc3)n2)c(=O)c2[nH]c(Cl)nc21. The molecule has 31 heavy (non-hydrogen) atoms. The Morgan fingerprint density at radius 3 is 2.71 bits per heavy atom. The van der Waals surface area contributed by atoms with Crippen LogP contribution in [-0.4, -0.2) is 29.2 Å². The molecule has 0 saturated heterocycles. The third-order valence-corrected chi connectivity index (χ3v) is 5.95. The number of hydrogen-bond donors (Lipinski definition) is 1. The number of aromatic amines is 1. The first-order chi connectivity index (χ1) is 15.1. The van der Waals surface area contributed by atoms with E-state index in [1.807, 2.05) is 16.8 Å². The van der Waals surface area contributed by atoms with E-state index in [4.69, 9.17) is 16.1 Å². The zero-order valence-corrected chi connectivity index (χ0v) is 18.7. The third kappa shape index (κ3) is 4.64. The van der Waals surface area contributed by atoms with E-state index in [1.54, 1.807) is 15.9 Å². The van der Waals surface area contributed by atoms with Crippen LogP contribution in [0.4, 0.5) is 0 Å². The molecule has 0 aliphatic heterocycles. The molecular weight excluding hydrogens is 440 g/mol. The molecule has 0 unspecified atom stereocenters. The summed E-state index contributed by atoms with van der Waals surface area (Å²) in [7, 11) is 0. The molecule has 4 aromatic rings. The van der Waals surface area contributed by atoms with Crippen molar-refractivity contribution in [3.8, 4) is 11.5 Å². The van der Waals surface area contributed by atoms with Crippen molar-refractivity contribution in [2.24, 2.45) is 0 Å². The molecule has 0 amide bonds. The first kappa shape index (κ1) is 21.5. The van der Waals surface area contributed by atoms with Crippen LogP contribution in [0.25, 0.3) is 22.6 Å². The molecular formula is C20H23ClN6O3S. The van der Waals surface area contributed by atoms with Crippen LogP contribution in [0, 0.1) is 0 Å². The second kappa shape index (κ2) is 9.61. The maximum absolute atomic E-state index is 13.0. The van der Waals surface area contributed by atoms with E-state index in [9.17, 15) is 9.59 Å². The summed E-state index contributed by atoms with van der Waals surface area (Å²) < 4.78 is 8.09. The summed E-state index contributed by atoms with van der Waals surface area (Å²) in [5.74, 6) is 1.12. The van der Waals surface area contributed by atoms with E-state index >= 15 is 0 Å². The topological polar surface area (TPSA) is 112 Å². The highest BCUT2D eigenvalue weighted by atomic mass is 35.5. The van der Waals surface area contributed by atoms with Crippen molar-refractivity contribution in [3.05, 3.63) is 48.8 Å². The second-order valence-corrected chi connectivity index (χ2v) is 8.45. The molecule has 164 valence electrons. The highest BCUT2D eigenvalue weighted by Gasteiger charge is 2.17. The first-order valence-electron chi connectivity index (χ1n) is 10.3. The Balaban J connectivity index is 1.46. The van der Waals surface area contributed by atoms with Gasteiger partial charge in [-0.1, -0.05) is 24.9 Å². The number of imidazole rings is 1. The van der Waals surface area contributed by atoms with E-state index in [0.29, 0.717) is 49.7 Å². The van der Waals surface area contributed by atoms with Gasteiger partial charge in [0.1, 0.15) is 0 Å². The van der Waals surface area contributed by atoms with Crippen LogP contribution in [0.2, 0.25) is 5.28 Å². The maximum Gasteiger partial charge on any atom is 0.332 e. The summed E-state index contributed by atoms with van der Waals surface area (Å²) in [6, 6.07) is 1.93. The van der Waals surface area contributed by atoms with Crippen LogP contribution >= 0.6 is 22.9 Å². The minimum Gasteiger partial charge on any atom is -0.334 e. The summed E-state index contributed by atoms with van der Waals surface area (Å²) in [6.45, 7) is 2.89. The Kier molecular flexibility index (Phi) is 6.67. The molecule has 1 N–H and O–H groups in total. The number of hydrogen-bond acceptors (Lipinski definition) is 7. The minimum absolute atomic E-state index is 0.104. The number of aryl methyl sites for hydroxylation is 2. The Hall–Kier alpha value is -2.72. The van der Waals surface area contributed by atoms with Gasteiger partial charge in [-0.3, -0.25) is 13.9 Å². The fourth-order valence-electron chi connectivity index (χ4n) is 3.47. The minimum atomic E-state index is -0.398. The number of H-pyrrole nitrogens is 1. The molecule has 0 aliphatic rings. The molecule has 0 spiro atoms. The van der Waals surface area contributed by atoms with Gasteiger partial charge in [0.25, 0.3) is 11.4 Å². The summed E-state index contributed by atoms with van der Waals surface area (Å²) >= 11 is 7.54. The van der Waals surface area contributed by atoms with Crippen LogP contribution in [0.5, 0.6) is 0 Å². The van der Waals surface area contributed by atoms with Crippen molar-refractivity contribution in [3.63, 3.8) is 0 Å². The average molecular weight is 463 g/mol. The van der Waals surface area contributed by atoms with E-state index in [-0.39, 0.29) is 16.5 Å². The van der Waals surface area contributed by atoms with Crippen molar-refractivity contribution < 1.29 is 4.52 Å². The van der Waals surface area contributed by atoms with Crippen LogP contribution < -0.4 is 11.2 Å². The standard InChI is InChI=1S/C20H23ClN6O3S/c1-2-3-5-9-26-16-15(23-19(21)24-16)18(28)27(20(26)29)10-6-4-7-14-22-17(30-25-14)13-8-11-31-12-13/h8,11-12H,2-7,9-10H2,1H3,(H,23,24). The number of nitrogens with one attached hydrogen (secondary N) is 1. The van der Waals surface area contributed by atoms with Crippen molar-refractivity contribution >= 4 is 34.1 Å². The predicted octanol–water partition coefficient (Wildman–Crippen LogP) is 3.86. The number of halogens is 1. The molecule has 11 heteroatoms. The highest BCUT2D eigenvalue weighted by molar-refractivity contribution is 7.08. The van der Waals surface area contributed by atoms with Gasteiger partial charge in [-0.25, -0.2) is 4.79 Å².